The Bertz CT molecular complexity index is 1570. The summed E-state index contributed by atoms with van der Waals surface area (Å²) >= 11 is 0. The molecule has 0 fully saturated rings. The number of hydrogen-bond acceptors (Lipinski definition) is 3. The second-order valence-corrected chi connectivity index (χ2v) is 7.53. The van der Waals surface area contributed by atoms with Gasteiger partial charge in [0.2, 0.25) is 0 Å². The molecule has 0 atom stereocenters. The fourth-order valence-corrected chi connectivity index (χ4v) is 4.02. The normalized spacial score (nSPS) is 12.0. The van der Waals surface area contributed by atoms with Crippen LogP contribution in [0.2, 0.25) is 0 Å². The van der Waals surface area contributed by atoms with Gasteiger partial charge in [0, 0.05) is 27.7 Å². The summed E-state index contributed by atoms with van der Waals surface area (Å²) < 4.78 is 0. The molecule has 5 heterocycles. The summed E-state index contributed by atoms with van der Waals surface area (Å²) in [4.78, 5) is 27.9. The van der Waals surface area contributed by atoms with Crippen LogP contribution in [0, 0.1) is 0 Å². The van der Waals surface area contributed by atoms with E-state index in [1.807, 2.05) is 66.7 Å². The number of aromatic carboxylic acids is 1. The number of fused-ring (bicyclic) bond motifs is 11. The smallest absolute Gasteiger partial charge is 0.337 e. The van der Waals surface area contributed by atoms with E-state index in [1.54, 1.807) is 12.1 Å². The number of nitrogens with one attached hydrogen (secondary N) is 2. The Morgan fingerprint density at radius 3 is 2.13 bits per heavy atom. The Morgan fingerprint density at radius 1 is 0.710 bits per heavy atom. The second-order valence-electron chi connectivity index (χ2n) is 7.53. The van der Waals surface area contributed by atoms with E-state index in [1.165, 1.54) is 0 Å². The molecule has 0 unspecified atom stereocenters. The molecular formula is C25H16N4O2. The zero-order chi connectivity index (χ0) is 20.9. The number of H-pyrrole nitrogens is 2. The number of nitrogens with zero attached hydrogens (tertiary/aromatic N) is 2. The highest BCUT2D eigenvalue weighted by molar-refractivity contribution is 5.99. The van der Waals surface area contributed by atoms with Gasteiger partial charge in [0.25, 0.3) is 0 Å². The minimum atomic E-state index is -0.989. The fraction of sp³-hybridized carbons (Fsp3) is 0. The van der Waals surface area contributed by atoms with E-state index in [9.17, 15) is 9.90 Å². The molecule has 1 aromatic carbocycles. The zero-order valence-electron chi connectivity index (χ0n) is 16.3. The van der Waals surface area contributed by atoms with E-state index >= 15 is 0 Å². The lowest BCUT2D eigenvalue weighted by Crippen LogP contribution is -1.93. The Kier molecular flexibility index (Phi) is 3.67. The molecular weight excluding hydrogens is 388 g/mol. The van der Waals surface area contributed by atoms with Crippen molar-refractivity contribution in [3.63, 3.8) is 0 Å². The molecule has 2 aliphatic heterocycles. The lowest BCUT2D eigenvalue weighted by Gasteiger charge is -1.97. The van der Waals surface area contributed by atoms with Gasteiger partial charge in [-0.1, -0.05) is 24.3 Å². The first-order valence-electron chi connectivity index (χ1n) is 9.86. The Labute approximate surface area is 176 Å². The Balaban J connectivity index is 1.76. The van der Waals surface area contributed by atoms with Crippen LogP contribution < -0.4 is 0 Å². The van der Waals surface area contributed by atoms with E-state index in [0.717, 1.165) is 39.2 Å². The fourth-order valence-electron chi connectivity index (χ4n) is 4.02. The van der Waals surface area contributed by atoms with Crippen molar-refractivity contribution in [2.24, 2.45) is 0 Å². The maximum absolute atomic E-state index is 11.9. The molecule has 0 spiro atoms. The minimum absolute atomic E-state index is 0.202. The van der Waals surface area contributed by atoms with Crippen molar-refractivity contribution >= 4 is 40.2 Å². The summed E-state index contributed by atoms with van der Waals surface area (Å²) in [7, 11) is 0. The van der Waals surface area contributed by atoms with Gasteiger partial charge in [0.05, 0.1) is 33.9 Å². The van der Waals surface area contributed by atoms with Crippen molar-refractivity contribution in [2.45, 2.75) is 0 Å². The SMILES string of the molecule is O=C(O)c1cc2cc3ccc(cc4nc(cc5nc(cc1[nH]2)-c1ccccc1-5)C=C4)[nH]3. The van der Waals surface area contributed by atoms with Gasteiger partial charge in [0.15, 0.2) is 0 Å². The number of carboxylic acids is 1. The van der Waals surface area contributed by atoms with Gasteiger partial charge < -0.3 is 15.1 Å². The number of aromatic nitrogens is 4. The van der Waals surface area contributed by atoms with Crippen LogP contribution in [0.4, 0.5) is 0 Å². The lowest BCUT2D eigenvalue weighted by molar-refractivity contribution is 0.0699. The summed E-state index contributed by atoms with van der Waals surface area (Å²) in [6.45, 7) is 0. The molecule has 0 amide bonds. The van der Waals surface area contributed by atoms with Gasteiger partial charge in [-0.25, -0.2) is 14.8 Å². The van der Waals surface area contributed by atoms with Crippen molar-refractivity contribution in [3.05, 3.63) is 83.7 Å². The van der Waals surface area contributed by atoms with Crippen LogP contribution in [0.3, 0.4) is 0 Å². The van der Waals surface area contributed by atoms with Crippen LogP contribution in [0.25, 0.3) is 56.7 Å². The van der Waals surface area contributed by atoms with Crippen molar-refractivity contribution < 1.29 is 9.90 Å². The van der Waals surface area contributed by atoms with Gasteiger partial charge >= 0.3 is 5.97 Å². The molecule has 0 radical (unpaired) electrons. The Hall–Kier alpha value is -4.45. The largest absolute Gasteiger partial charge is 0.478 e. The maximum atomic E-state index is 11.9. The highest BCUT2D eigenvalue weighted by Gasteiger charge is 2.17. The van der Waals surface area contributed by atoms with E-state index in [-0.39, 0.29) is 5.56 Å². The molecule has 6 rings (SSSR count). The maximum Gasteiger partial charge on any atom is 0.337 e. The predicted molar refractivity (Wildman–Crippen MR) is 121 cm³/mol. The molecule has 6 nitrogen and oxygen atoms in total. The van der Waals surface area contributed by atoms with Gasteiger partial charge in [-0.3, -0.25) is 0 Å². The van der Waals surface area contributed by atoms with E-state index in [2.05, 4.69) is 15.0 Å². The first-order chi connectivity index (χ1) is 15.1. The molecule has 3 N–H and O–H groups in total. The van der Waals surface area contributed by atoms with Gasteiger partial charge in [-0.15, -0.1) is 0 Å². The van der Waals surface area contributed by atoms with Crippen molar-refractivity contribution in [1.82, 2.24) is 19.9 Å². The average Bonchev–Trinajstić information content (AvgIpc) is 3.52. The number of carboxylic acid groups (broad SMARTS) is 1. The average molecular weight is 404 g/mol. The molecule has 4 aromatic rings. The van der Waals surface area contributed by atoms with E-state index in [0.29, 0.717) is 16.7 Å². The van der Waals surface area contributed by atoms with Crippen molar-refractivity contribution in [1.29, 1.82) is 0 Å². The quantitative estimate of drug-likeness (QED) is 0.336. The molecule has 148 valence electrons. The summed E-state index contributed by atoms with van der Waals surface area (Å²) in [6, 6.07) is 21.1. The number of benzene rings is 1. The molecule has 3 aromatic heterocycles. The van der Waals surface area contributed by atoms with Crippen LogP contribution in [-0.4, -0.2) is 31.0 Å². The van der Waals surface area contributed by atoms with Crippen LogP contribution >= 0.6 is 0 Å². The van der Waals surface area contributed by atoms with Crippen molar-refractivity contribution in [3.8, 4) is 22.5 Å². The highest BCUT2D eigenvalue weighted by Crippen LogP contribution is 2.36. The van der Waals surface area contributed by atoms with Crippen LogP contribution in [0.15, 0.2) is 66.7 Å². The molecule has 6 heteroatoms. The molecule has 2 aliphatic rings. The molecule has 0 saturated heterocycles. The molecule has 0 saturated carbocycles. The lowest BCUT2D eigenvalue weighted by atomic mass is 10.0. The van der Waals surface area contributed by atoms with Gasteiger partial charge in [-0.2, -0.15) is 0 Å². The third-order valence-corrected chi connectivity index (χ3v) is 5.41. The summed E-state index contributed by atoms with van der Waals surface area (Å²) in [5.74, 6) is -0.989. The second kappa shape index (κ2) is 6.53. The monoisotopic (exact) mass is 404 g/mol. The molecule has 31 heavy (non-hydrogen) atoms. The topological polar surface area (TPSA) is 94.7 Å². The minimum Gasteiger partial charge on any atom is -0.478 e. The molecule has 8 bridgehead atoms. The highest BCUT2D eigenvalue weighted by atomic mass is 16.4. The number of hydrogen-bond donors (Lipinski definition) is 3. The van der Waals surface area contributed by atoms with E-state index in [4.69, 9.17) is 4.98 Å². The number of rotatable bonds is 1. The summed E-state index contributed by atoms with van der Waals surface area (Å²) in [6.07, 6.45) is 3.94. The summed E-state index contributed by atoms with van der Waals surface area (Å²) in [5.41, 5.74) is 8.32. The van der Waals surface area contributed by atoms with Gasteiger partial charge in [-0.05, 0) is 54.6 Å². The van der Waals surface area contributed by atoms with Crippen LogP contribution in [-0.2, 0) is 0 Å². The van der Waals surface area contributed by atoms with Crippen molar-refractivity contribution in [2.75, 3.05) is 0 Å². The third kappa shape index (κ3) is 3.02. The van der Waals surface area contributed by atoms with Crippen LogP contribution in [0.1, 0.15) is 21.7 Å². The predicted octanol–water partition coefficient (Wildman–Crippen LogP) is 5.52. The third-order valence-electron chi connectivity index (χ3n) is 5.41. The number of aromatic amines is 2. The first kappa shape index (κ1) is 17.4. The summed E-state index contributed by atoms with van der Waals surface area (Å²) in [5, 5.41) is 9.73. The van der Waals surface area contributed by atoms with Gasteiger partial charge in [0.1, 0.15) is 0 Å². The van der Waals surface area contributed by atoms with Crippen LogP contribution in [0.5, 0.6) is 0 Å². The Morgan fingerprint density at radius 2 is 1.39 bits per heavy atom. The number of carbonyl (C=O) groups is 1. The van der Waals surface area contributed by atoms with E-state index < -0.39 is 5.97 Å². The standard InChI is InChI=1S/C25H16N4O2/c30-25(31)21-11-18-10-16-6-5-14(26-16)9-15-7-8-17(27-15)12-22-19-3-1-2-4-20(19)23(29-22)13-24(21)28-18/h1-13,26,28H,(H,30,31). The first-order valence-corrected chi connectivity index (χ1v) is 9.86. The molecule has 0 aliphatic carbocycles. The zero-order valence-corrected chi connectivity index (χ0v) is 16.3.